The second-order valence-electron chi connectivity index (χ2n) is 2.59. The van der Waals surface area contributed by atoms with Crippen LogP contribution in [0.15, 0.2) is 23.4 Å². The molecule has 1 unspecified atom stereocenters. The summed E-state index contributed by atoms with van der Waals surface area (Å²) in [4.78, 5) is 0. The second kappa shape index (κ2) is 1.61. The van der Waals surface area contributed by atoms with Gasteiger partial charge in [0.05, 0.1) is 0 Å². The summed E-state index contributed by atoms with van der Waals surface area (Å²) in [7, 11) is 0. The third kappa shape index (κ3) is 0.598. The van der Waals surface area contributed by atoms with E-state index in [1.807, 2.05) is 6.08 Å². The van der Waals surface area contributed by atoms with E-state index in [1.54, 1.807) is 0 Å². The van der Waals surface area contributed by atoms with Crippen molar-refractivity contribution < 1.29 is 0 Å². The number of hydrogen-bond donors (Lipinski definition) is 2. The van der Waals surface area contributed by atoms with Gasteiger partial charge >= 0.3 is 0 Å². The number of rotatable bonds is 0. The lowest BCUT2D eigenvalue weighted by Gasteiger charge is -2.03. The molecule has 1 heterocycles. The largest absolute Gasteiger partial charge is 0.402 e. The van der Waals surface area contributed by atoms with E-state index in [1.165, 1.54) is 5.57 Å². The predicted molar refractivity (Wildman–Crippen MR) is 36.7 cm³/mol. The van der Waals surface area contributed by atoms with Crippen LogP contribution in [0, 0.1) is 5.92 Å². The number of hydrogen-bond acceptors (Lipinski definition) is 2. The molecule has 9 heavy (non-hydrogen) atoms. The molecule has 48 valence electrons. The van der Waals surface area contributed by atoms with E-state index in [4.69, 9.17) is 5.73 Å². The van der Waals surface area contributed by atoms with Gasteiger partial charge in [0.25, 0.3) is 0 Å². The minimum atomic E-state index is 0.532. The van der Waals surface area contributed by atoms with Crippen molar-refractivity contribution in [3.8, 4) is 0 Å². The van der Waals surface area contributed by atoms with Gasteiger partial charge in [-0.1, -0.05) is 6.08 Å². The molecule has 2 aliphatic rings. The molecule has 2 nitrogen and oxygen atoms in total. The number of nitrogens with one attached hydrogen (secondary N) is 1. The second-order valence-corrected chi connectivity index (χ2v) is 2.59. The van der Waals surface area contributed by atoms with Crippen molar-refractivity contribution in [3.63, 3.8) is 0 Å². The van der Waals surface area contributed by atoms with Crippen LogP contribution in [0.3, 0.4) is 0 Å². The number of nitrogens with two attached hydrogens (primary N) is 1. The third-order valence-corrected chi connectivity index (χ3v) is 2.02. The van der Waals surface area contributed by atoms with Crippen molar-refractivity contribution in [2.24, 2.45) is 11.7 Å². The first kappa shape index (κ1) is 5.06. The summed E-state index contributed by atoms with van der Waals surface area (Å²) < 4.78 is 0. The fourth-order valence-electron chi connectivity index (χ4n) is 1.44. The van der Waals surface area contributed by atoms with Gasteiger partial charge in [-0.3, -0.25) is 0 Å². The summed E-state index contributed by atoms with van der Waals surface area (Å²) in [5.74, 6) is 0.532. The first-order chi connectivity index (χ1) is 4.38. The normalized spacial score (nSPS) is 31.8. The Bertz CT molecular complexity index is 191. The van der Waals surface area contributed by atoms with E-state index in [0.717, 1.165) is 18.8 Å². The summed E-state index contributed by atoms with van der Waals surface area (Å²) in [6.07, 6.45) is 4.14. The Morgan fingerprint density at radius 3 is 3.22 bits per heavy atom. The van der Waals surface area contributed by atoms with Gasteiger partial charge in [0.2, 0.25) is 0 Å². The minimum absolute atomic E-state index is 0.532. The molecule has 0 aromatic heterocycles. The van der Waals surface area contributed by atoms with Crippen molar-refractivity contribution in [3.05, 3.63) is 23.4 Å². The maximum absolute atomic E-state index is 5.69. The van der Waals surface area contributed by atoms with Crippen LogP contribution in [0.1, 0.15) is 0 Å². The molecule has 0 amide bonds. The van der Waals surface area contributed by atoms with Crippen molar-refractivity contribution in [2.75, 3.05) is 13.1 Å². The van der Waals surface area contributed by atoms with Gasteiger partial charge < -0.3 is 11.1 Å². The Morgan fingerprint density at radius 2 is 2.44 bits per heavy atom. The summed E-state index contributed by atoms with van der Waals surface area (Å²) in [5, 5.41) is 3.27. The lowest BCUT2D eigenvalue weighted by molar-refractivity contribution is 0.742. The zero-order valence-corrected chi connectivity index (χ0v) is 5.22. The Balaban J connectivity index is 2.28. The quantitative estimate of drug-likeness (QED) is 0.474. The van der Waals surface area contributed by atoms with Crippen molar-refractivity contribution in [2.45, 2.75) is 0 Å². The van der Waals surface area contributed by atoms with Crippen LogP contribution in [0.2, 0.25) is 0 Å². The van der Waals surface area contributed by atoms with Crippen molar-refractivity contribution in [1.29, 1.82) is 0 Å². The highest BCUT2D eigenvalue weighted by atomic mass is 14.9. The zero-order chi connectivity index (χ0) is 6.27. The molecule has 0 bridgehead atoms. The Hall–Kier alpha value is -0.760. The molecular formula is C7H10N2. The van der Waals surface area contributed by atoms with E-state index < -0.39 is 0 Å². The fourth-order valence-corrected chi connectivity index (χ4v) is 1.44. The molecule has 2 rings (SSSR count). The van der Waals surface area contributed by atoms with Gasteiger partial charge in [0.1, 0.15) is 0 Å². The van der Waals surface area contributed by atoms with Gasteiger partial charge in [0, 0.05) is 24.7 Å². The van der Waals surface area contributed by atoms with Gasteiger partial charge in [-0.05, 0) is 11.6 Å². The van der Waals surface area contributed by atoms with Crippen LogP contribution in [0.4, 0.5) is 0 Å². The number of fused-ring (bicyclic) bond motifs is 1. The lowest BCUT2D eigenvalue weighted by atomic mass is 10.1. The molecule has 1 aliphatic heterocycles. The maximum Gasteiger partial charge on any atom is 0.0335 e. The molecule has 0 aromatic carbocycles. The summed E-state index contributed by atoms with van der Waals surface area (Å²) in [5.41, 5.74) is 8.16. The Morgan fingerprint density at radius 1 is 1.56 bits per heavy atom. The van der Waals surface area contributed by atoms with E-state index in [-0.39, 0.29) is 0 Å². The molecule has 1 fully saturated rings. The minimum Gasteiger partial charge on any atom is -0.402 e. The van der Waals surface area contributed by atoms with Gasteiger partial charge in [-0.25, -0.2) is 0 Å². The highest BCUT2D eigenvalue weighted by Crippen LogP contribution is 2.25. The molecule has 0 spiro atoms. The lowest BCUT2D eigenvalue weighted by Crippen LogP contribution is -2.14. The molecule has 1 saturated heterocycles. The van der Waals surface area contributed by atoms with Crippen molar-refractivity contribution in [1.82, 2.24) is 5.32 Å². The fraction of sp³-hybridized carbons (Fsp3) is 0.429. The van der Waals surface area contributed by atoms with Crippen LogP contribution in [0.5, 0.6) is 0 Å². The van der Waals surface area contributed by atoms with Crippen LogP contribution in [0.25, 0.3) is 0 Å². The number of allylic oxidation sites excluding steroid dienone is 2. The molecule has 3 N–H and O–H groups in total. The van der Waals surface area contributed by atoms with Crippen LogP contribution in [-0.2, 0) is 0 Å². The molecule has 0 saturated carbocycles. The maximum atomic E-state index is 5.69. The Kier molecular flexibility index (Phi) is 0.904. The summed E-state index contributed by atoms with van der Waals surface area (Å²) >= 11 is 0. The van der Waals surface area contributed by atoms with Crippen LogP contribution >= 0.6 is 0 Å². The average molecular weight is 122 g/mol. The highest BCUT2D eigenvalue weighted by Gasteiger charge is 2.24. The molecular weight excluding hydrogens is 112 g/mol. The smallest absolute Gasteiger partial charge is 0.0335 e. The standard InChI is InChI=1S/C7H10N2/c8-7-2-1-5-3-9-4-6(5)7/h1-2,6,9H,3-4,8H2. The van der Waals surface area contributed by atoms with E-state index in [9.17, 15) is 0 Å². The first-order valence-corrected chi connectivity index (χ1v) is 3.25. The molecule has 0 aromatic rings. The van der Waals surface area contributed by atoms with Crippen LogP contribution < -0.4 is 11.1 Å². The monoisotopic (exact) mass is 122 g/mol. The topological polar surface area (TPSA) is 38.0 Å². The molecule has 0 radical (unpaired) electrons. The molecule has 1 atom stereocenters. The van der Waals surface area contributed by atoms with Gasteiger partial charge in [-0.2, -0.15) is 0 Å². The third-order valence-electron chi connectivity index (χ3n) is 2.02. The molecule has 2 heteroatoms. The first-order valence-electron chi connectivity index (χ1n) is 3.25. The zero-order valence-electron chi connectivity index (χ0n) is 5.22. The van der Waals surface area contributed by atoms with E-state index in [0.29, 0.717) is 5.92 Å². The molecule has 1 aliphatic carbocycles. The average Bonchev–Trinajstić information content (AvgIpc) is 2.35. The SMILES string of the molecule is NC1=CC=C2CNCC12. The van der Waals surface area contributed by atoms with Gasteiger partial charge in [-0.15, -0.1) is 0 Å². The Labute approximate surface area is 54.4 Å². The van der Waals surface area contributed by atoms with Crippen molar-refractivity contribution >= 4 is 0 Å². The summed E-state index contributed by atoms with van der Waals surface area (Å²) in [6, 6.07) is 0. The van der Waals surface area contributed by atoms with E-state index in [2.05, 4.69) is 11.4 Å². The van der Waals surface area contributed by atoms with Gasteiger partial charge in [0.15, 0.2) is 0 Å². The highest BCUT2D eigenvalue weighted by molar-refractivity contribution is 5.36. The van der Waals surface area contributed by atoms with E-state index >= 15 is 0 Å². The summed E-state index contributed by atoms with van der Waals surface area (Å²) in [6.45, 7) is 2.07. The van der Waals surface area contributed by atoms with Crippen LogP contribution in [-0.4, -0.2) is 13.1 Å². The predicted octanol–water partition coefficient (Wildman–Crippen LogP) is -0.0116.